The van der Waals surface area contributed by atoms with Crippen molar-refractivity contribution in [2.45, 2.75) is 6.54 Å². The minimum Gasteiger partial charge on any atom is -0.853 e. The molecule has 0 saturated carbocycles. The van der Waals surface area contributed by atoms with Crippen molar-refractivity contribution in [1.29, 1.82) is 10.5 Å². The number of pyridine rings is 3. The topological polar surface area (TPSA) is 191 Å². The van der Waals surface area contributed by atoms with Crippen LogP contribution in [0.25, 0.3) is 0 Å². The zero-order valence-electron chi connectivity index (χ0n) is 33.7. The van der Waals surface area contributed by atoms with Crippen LogP contribution in [0.4, 0.5) is 0 Å². The van der Waals surface area contributed by atoms with Crippen LogP contribution in [0.1, 0.15) is 16.7 Å². The molecule has 0 aromatic carbocycles. The van der Waals surface area contributed by atoms with E-state index in [1.165, 1.54) is 12.3 Å². The van der Waals surface area contributed by atoms with Crippen molar-refractivity contribution < 1.29 is 78.8 Å². The molecule has 0 atom stereocenters. The Hall–Kier alpha value is -2.34. The normalized spacial score (nSPS) is 9.64. The van der Waals surface area contributed by atoms with E-state index < -0.39 is 0 Å². The van der Waals surface area contributed by atoms with Gasteiger partial charge in [-0.25, -0.2) is 15.0 Å². The molecule has 0 aliphatic rings. The number of nitriles is 2. The van der Waals surface area contributed by atoms with Crippen molar-refractivity contribution in [2.24, 2.45) is 5.73 Å². The fourth-order valence-electron chi connectivity index (χ4n) is 3.20. The summed E-state index contributed by atoms with van der Waals surface area (Å²) < 4.78 is 26.5. The molecule has 306 valence electrons. The molecule has 2 N–H and O–H groups in total. The van der Waals surface area contributed by atoms with Crippen LogP contribution in [0.3, 0.4) is 0 Å². The van der Waals surface area contributed by atoms with Gasteiger partial charge in [0.25, 0.3) is 0 Å². The first-order valence-corrected chi connectivity index (χ1v) is 17.0. The summed E-state index contributed by atoms with van der Waals surface area (Å²) in [7, 11) is 12.0. The molecular formula is C37H58ClN9NaO6Pd-. The largest absolute Gasteiger partial charge is 1.00 e. The van der Waals surface area contributed by atoms with Gasteiger partial charge < -0.3 is 56.7 Å². The predicted molar refractivity (Wildman–Crippen MR) is 205 cm³/mol. The van der Waals surface area contributed by atoms with Crippen molar-refractivity contribution in [1.82, 2.24) is 29.7 Å². The molecule has 3 aromatic rings. The summed E-state index contributed by atoms with van der Waals surface area (Å²) in [6, 6.07) is 14.1. The van der Waals surface area contributed by atoms with Crippen LogP contribution in [0.2, 0.25) is 5.15 Å². The molecule has 3 rings (SSSR count). The average molecular weight is 890 g/mol. The number of nitrogens with two attached hydrogens (primary N) is 1. The zero-order chi connectivity index (χ0) is 38.8. The number of likely N-dealkylation sites (N-methyl/N-ethyl adjacent to an activating group) is 3. The summed E-state index contributed by atoms with van der Waals surface area (Å²) in [6.07, 6.45) is 4.76. The Labute approximate surface area is 370 Å². The third-order valence-electron chi connectivity index (χ3n) is 5.99. The summed E-state index contributed by atoms with van der Waals surface area (Å²) >= 11 is 5.46. The van der Waals surface area contributed by atoms with E-state index in [4.69, 9.17) is 51.5 Å². The van der Waals surface area contributed by atoms with Crippen molar-refractivity contribution in [3.05, 3.63) is 84.3 Å². The van der Waals surface area contributed by atoms with Gasteiger partial charge in [0.1, 0.15) is 18.4 Å². The second kappa shape index (κ2) is 41.3. The number of aromatic nitrogens is 3. The molecule has 0 aliphatic carbocycles. The molecule has 0 aliphatic heterocycles. The molecule has 3 aromatic heterocycles. The maximum Gasteiger partial charge on any atom is 1.00 e. The second-order valence-electron chi connectivity index (χ2n) is 11.3. The van der Waals surface area contributed by atoms with Gasteiger partial charge >= 0.3 is 29.6 Å². The summed E-state index contributed by atoms with van der Waals surface area (Å²) in [5.41, 5.74) is 7.63. The van der Waals surface area contributed by atoms with Gasteiger partial charge in [-0.15, -0.1) is 6.61 Å². The van der Waals surface area contributed by atoms with Crippen LogP contribution in [-0.2, 0) is 41.2 Å². The van der Waals surface area contributed by atoms with Crippen LogP contribution < -0.4 is 49.9 Å². The number of hydrogen-bond acceptors (Lipinski definition) is 15. The molecule has 0 saturated heterocycles. The molecule has 15 nitrogen and oxygen atoms in total. The van der Waals surface area contributed by atoms with Crippen LogP contribution in [0, 0.1) is 30.1 Å². The van der Waals surface area contributed by atoms with E-state index in [9.17, 15) is 5.11 Å². The van der Waals surface area contributed by atoms with Crippen molar-refractivity contribution in [3.8, 4) is 23.9 Å². The summed E-state index contributed by atoms with van der Waals surface area (Å²) in [6.45, 7) is 7.50. The summed E-state index contributed by atoms with van der Waals surface area (Å²) in [5.74, 6) is 1.06. The third-order valence-corrected chi connectivity index (χ3v) is 6.19. The van der Waals surface area contributed by atoms with Gasteiger partial charge in [-0.05, 0) is 72.1 Å². The molecule has 0 amide bonds. The quantitative estimate of drug-likeness (QED) is 0.0654. The van der Waals surface area contributed by atoms with Crippen molar-refractivity contribution >= 4 is 11.6 Å². The Morgan fingerprint density at radius 2 is 1.07 bits per heavy atom. The van der Waals surface area contributed by atoms with Crippen molar-refractivity contribution in [2.75, 3.05) is 121 Å². The SMILES string of the molecule is CN(C)CCOCCOc1cc(C#N)ccn1.CN(C)CCOCCOc1cc(CN)ccn1.CN(C)CCOCC[O-].N#Cc1ccnc(Cl)c1.[CH3-].[Na+].[Pd]. The van der Waals surface area contributed by atoms with E-state index in [-0.39, 0.29) is 64.0 Å². The molecule has 0 unspecified atom stereocenters. The first-order chi connectivity index (χ1) is 25.0. The van der Waals surface area contributed by atoms with Gasteiger partial charge in [0.2, 0.25) is 11.8 Å². The molecule has 3 heterocycles. The maximum absolute atomic E-state index is 9.84. The number of ether oxygens (including phenoxy) is 5. The van der Waals surface area contributed by atoms with Crippen LogP contribution >= 0.6 is 11.6 Å². The molecule has 55 heavy (non-hydrogen) atoms. The summed E-state index contributed by atoms with van der Waals surface area (Å²) in [4.78, 5) is 17.9. The zero-order valence-corrected chi connectivity index (χ0v) is 38.0. The van der Waals surface area contributed by atoms with Gasteiger partial charge in [-0.1, -0.05) is 11.6 Å². The molecular weight excluding hydrogens is 831 g/mol. The number of rotatable bonds is 20. The fourth-order valence-corrected chi connectivity index (χ4v) is 3.38. The second-order valence-corrected chi connectivity index (χ2v) is 11.7. The monoisotopic (exact) mass is 888 g/mol. The van der Waals surface area contributed by atoms with Gasteiger partial charge in [-0.2, -0.15) is 10.5 Å². The first-order valence-electron chi connectivity index (χ1n) is 16.6. The van der Waals surface area contributed by atoms with Gasteiger partial charge in [0.15, 0.2) is 0 Å². The van der Waals surface area contributed by atoms with Crippen molar-refractivity contribution in [3.63, 3.8) is 0 Å². The molecule has 0 bridgehead atoms. The molecule has 0 fully saturated rings. The Morgan fingerprint density at radius 3 is 1.47 bits per heavy atom. The molecule has 0 spiro atoms. The van der Waals surface area contributed by atoms with Gasteiger partial charge in [0, 0.05) is 83.9 Å². The van der Waals surface area contributed by atoms with E-state index in [2.05, 4.69) is 24.8 Å². The minimum absolute atomic E-state index is 0. The predicted octanol–water partition coefficient (Wildman–Crippen LogP) is -0.609. The summed E-state index contributed by atoms with van der Waals surface area (Å²) in [5, 5.41) is 27.2. The molecule has 18 heteroatoms. The first kappa shape index (κ1) is 59.4. The number of hydrogen-bond donors (Lipinski definition) is 1. The van der Waals surface area contributed by atoms with E-state index in [0.717, 1.165) is 25.2 Å². The Kier molecular flexibility index (Phi) is 44.6. The number of nitrogens with zero attached hydrogens (tertiary/aromatic N) is 8. The smallest absolute Gasteiger partial charge is 0.853 e. The maximum atomic E-state index is 9.84. The van der Waals surface area contributed by atoms with Crippen LogP contribution in [0.5, 0.6) is 11.8 Å². The Bertz CT molecular complexity index is 1410. The number of halogens is 1. The van der Waals surface area contributed by atoms with Gasteiger partial charge in [-0.3, -0.25) is 0 Å². The van der Waals surface area contributed by atoms with E-state index in [1.54, 1.807) is 30.6 Å². The third kappa shape index (κ3) is 38.3. The van der Waals surface area contributed by atoms with Crippen LogP contribution in [0.15, 0.2) is 55.0 Å². The fraction of sp³-hybridized carbons (Fsp3) is 0.514. The van der Waals surface area contributed by atoms with Crippen LogP contribution in [-0.4, -0.2) is 151 Å². The average Bonchev–Trinajstić information content (AvgIpc) is 3.13. The standard InChI is InChI=1S/C12H21N3O2.C12H17N3O2.C6H3ClN2.C6H14NO2.CH3.Na.Pd/c2*1-15(2)5-6-16-7-8-17-12-9-11(10-13)3-4-14-12;7-6-3-5(4-8)1-2-9-6;1-7(2)3-5-9-6-4-8;;;/h3-4,9H,5-8,10,13H2,1-2H3;3-4,9H,5-8H2,1-2H3;1-3H;3-6H2,1-2H3;1H3;;/q;;;2*-1;+1;. The molecule has 0 radical (unpaired) electrons. The van der Waals surface area contributed by atoms with Gasteiger partial charge in [0.05, 0.1) is 56.3 Å². The minimum atomic E-state index is -0.132. The van der Waals surface area contributed by atoms with E-state index >= 15 is 0 Å². The Balaban J connectivity index is -0.000000322. The van der Waals surface area contributed by atoms with E-state index in [1.807, 2.05) is 71.5 Å². The van der Waals surface area contributed by atoms with E-state index in [0.29, 0.717) is 87.4 Å². The Morgan fingerprint density at radius 1 is 0.655 bits per heavy atom.